The van der Waals surface area contributed by atoms with Crippen LogP contribution in [0.3, 0.4) is 0 Å². The fourth-order valence-corrected chi connectivity index (χ4v) is 0.670. The van der Waals surface area contributed by atoms with Crippen LogP contribution in [0.2, 0.25) is 0 Å². The van der Waals surface area contributed by atoms with Gasteiger partial charge in [0.25, 0.3) is 0 Å². The minimum Gasteiger partial charge on any atom is -0.0842 e. The van der Waals surface area contributed by atoms with Crippen molar-refractivity contribution in [2.24, 2.45) is 0 Å². The molecule has 0 N–H and O–H groups in total. The Bertz CT molecular complexity index is 116. The van der Waals surface area contributed by atoms with E-state index in [0.717, 1.165) is 0 Å². The second-order valence-electron chi connectivity index (χ2n) is 1.82. The van der Waals surface area contributed by atoms with Gasteiger partial charge in [-0.1, -0.05) is 36.5 Å². The number of hydrogen-bond donors (Lipinski definition) is 0. The van der Waals surface area contributed by atoms with Gasteiger partial charge in [-0.25, -0.2) is 0 Å². The van der Waals surface area contributed by atoms with Crippen molar-refractivity contribution in [1.82, 2.24) is 0 Å². The fraction of sp³-hybridized carbons (Fsp3) is 0.250. The average molecular weight is 207 g/mol. The van der Waals surface area contributed by atoms with Gasteiger partial charge in [-0.3, -0.25) is 0 Å². The first-order valence-electron chi connectivity index (χ1n) is 2.98. The van der Waals surface area contributed by atoms with Crippen LogP contribution in [0.25, 0.3) is 0 Å². The SMILES string of the molecule is C1=CC=CCCC=C1.[Ru]. The summed E-state index contributed by atoms with van der Waals surface area (Å²) >= 11 is 0. The van der Waals surface area contributed by atoms with E-state index < -0.39 is 0 Å². The topological polar surface area (TPSA) is 0 Å². The molecule has 9 heavy (non-hydrogen) atoms. The molecule has 1 rings (SSSR count). The smallest absolute Gasteiger partial charge is 0 e. The van der Waals surface area contributed by atoms with Gasteiger partial charge in [0.05, 0.1) is 0 Å². The van der Waals surface area contributed by atoms with Crippen LogP contribution in [0, 0.1) is 0 Å². The molecule has 0 aliphatic heterocycles. The summed E-state index contributed by atoms with van der Waals surface area (Å²) in [6.07, 6.45) is 15.0. The quantitative estimate of drug-likeness (QED) is 0.535. The van der Waals surface area contributed by atoms with Gasteiger partial charge >= 0.3 is 0 Å². The Kier molecular flexibility index (Phi) is 5.87. The van der Waals surface area contributed by atoms with Crippen LogP contribution >= 0.6 is 0 Å². The Hall–Kier alpha value is -0.157. The Morgan fingerprint density at radius 1 is 0.667 bits per heavy atom. The predicted molar refractivity (Wildman–Crippen MR) is 36.7 cm³/mol. The maximum atomic E-state index is 2.18. The predicted octanol–water partition coefficient (Wildman–Crippen LogP) is 2.45. The summed E-state index contributed by atoms with van der Waals surface area (Å²) in [5, 5.41) is 0. The zero-order chi connectivity index (χ0) is 5.66. The Morgan fingerprint density at radius 2 is 1.11 bits per heavy atom. The number of hydrogen-bond acceptors (Lipinski definition) is 0. The van der Waals surface area contributed by atoms with Crippen LogP contribution < -0.4 is 0 Å². The van der Waals surface area contributed by atoms with Gasteiger partial charge in [0.15, 0.2) is 0 Å². The second-order valence-corrected chi connectivity index (χ2v) is 1.82. The molecule has 0 heterocycles. The Morgan fingerprint density at radius 3 is 1.56 bits per heavy atom. The molecule has 0 aromatic heterocycles. The number of rotatable bonds is 0. The van der Waals surface area contributed by atoms with E-state index in [-0.39, 0.29) is 19.5 Å². The molecule has 0 spiro atoms. The molecule has 1 aliphatic carbocycles. The first-order valence-corrected chi connectivity index (χ1v) is 2.98. The van der Waals surface area contributed by atoms with E-state index >= 15 is 0 Å². The van der Waals surface area contributed by atoms with Crippen LogP contribution in [-0.2, 0) is 19.5 Å². The zero-order valence-corrected chi connectivity index (χ0v) is 6.97. The molecular formula is C8H10Ru. The van der Waals surface area contributed by atoms with Crippen LogP contribution in [0.15, 0.2) is 36.5 Å². The van der Waals surface area contributed by atoms with Gasteiger partial charge in [0.2, 0.25) is 0 Å². The summed E-state index contributed by atoms with van der Waals surface area (Å²) in [4.78, 5) is 0. The first-order chi connectivity index (χ1) is 4.00. The van der Waals surface area contributed by atoms with Crippen molar-refractivity contribution < 1.29 is 19.5 Å². The molecule has 0 amide bonds. The Balaban J connectivity index is 0.000000640. The molecule has 1 aliphatic rings. The van der Waals surface area contributed by atoms with Crippen molar-refractivity contribution in [3.8, 4) is 0 Å². The van der Waals surface area contributed by atoms with E-state index in [1.807, 2.05) is 0 Å². The van der Waals surface area contributed by atoms with E-state index in [1.165, 1.54) is 12.8 Å². The summed E-state index contributed by atoms with van der Waals surface area (Å²) in [5.74, 6) is 0. The zero-order valence-electron chi connectivity index (χ0n) is 5.23. The van der Waals surface area contributed by atoms with E-state index in [1.54, 1.807) is 0 Å². The van der Waals surface area contributed by atoms with E-state index in [9.17, 15) is 0 Å². The molecule has 0 atom stereocenters. The summed E-state index contributed by atoms with van der Waals surface area (Å²) in [5.41, 5.74) is 0. The average Bonchev–Trinajstić information content (AvgIpc) is 1.62. The molecule has 0 saturated carbocycles. The van der Waals surface area contributed by atoms with Crippen molar-refractivity contribution in [2.75, 3.05) is 0 Å². The van der Waals surface area contributed by atoms with Gasteiger partial charge in [-0.2, -0.15) is 0 Å². The van der Waals surface area contributed by atoms with Crippen LogP contribution in [0.5, 0.6) is 0 Å². The molecule has 0 radical (unpaired) electrons. The molecule has 0 fully saturated rings. The first kappa shape index (κ1) is 8.84. The van der Waals surface area contributed by atoms with Crippen LogP contribution in [0.4, 0.5) is 0 Å². The monoisotopic (exact) mass is 208 g/mol. The van der Waals surface area contributed by atoms with Gasteiger partial charge in [0.1, 0.15) is 0 Å². The van der Waals surface area contributed by atoms with Crippen LogP contribution in [-0.4, -0.2) is 0 Å². The molecule has 1 heteroatoms. The number of allylic oxidation sites excluding steroid dienone is 6. The van der Waals surface area contributed by atoms with Crippen molar-refractivity contribution in [3.63, 3.8) is 0 Å². The second kappa shape index (κ2) is 5.97. The summed E-state index contributed by atoms with van der Waals surface area (Å²) in [6, 6.07) is 0. The minimum atomic E-state index is 0. The molecular weight excluding hydrogens is 197 g/mol. The molecule has 0 unspecified atom stereocenters. The van der Waals surface area contributed by atoms with E-state index in [2.05, 4.69) is 36.5 Å². The molecule has 50 valence electrons. The fourth-order valence-electron chi connectivity index (χ4n) is 0.670. The summed E-state index contributed by atoms with van der Waals surface area (Å²) in [7, 11) is 0. The van der Waals surface area contributed by atoms with Crippen molar-refractivity contribution in [1.29, 1.82) is 0 Å². The van der Waals surface area contributed by atoms with Gasteiger partial charge in [-0.15, -0.1) is 0 Å². The van der Waals surface area contributed by atoms with Gasteiger partial charge in [0, 0.05) is 19.5 Å². The largest absolute Gasteiger partial charge is 0.0842 e. The third kappa shape index (κ3) is 4.35. The van der Waals surface area contributed by atoms with Crippen molar-refractivity contribution >= 4 is 0 Å². The molecule has 0 aromatic rings. The van der Waals surface area contributed by atoms with Crippen molar-refractivity contribution in [3.05, 3.63) is 36.5 Å². The summed E-state index contributed by atoms with van der Waals surface area (Å²) in [6.45, 7) is 0. The van der Waals surface area contributed by atoms with Crippen LogP contribution in [0.1, 0.15) is 12.8 Å². The molecule has 0 saturated heterocycles. The third-order valence-corrected chi connectivity index (χ3v) is 1.11. The van der Waals surface area contributed by atoms with Gasteiger partial charge < -0.3 is 0 Å². The third-order valence-electron chi connectivity index (χ3n) is 1.11. The maximum Gasteiger partial charge on any atom is 0 e. The molecule has 0 nitrogen and oxygen atoms in total. The molecule has 0 bridgehead atoms. The molecule has 0 aromatic carbocycles. The normalized spacial score (nSPS) is 16.0. The minimum absolute atomic E-state index is 0. The van der Waals surface area contributed by atoms with Crippen molar-refractivity contribution in [2.45, 2.75) is 12.8 Å². The summed E-state index contributed by atoms with van der Waals surface area (Å²) < 4.78 is 0. The van der Waals surface area contributed by atoms with Gasteiger partial charge in [-0.05, 0) is 12.8 Å². The Labute approximate surface area is 69.1 Å². The maximum absolute atomic E-state index is 2.18. The van der Waals surface area contributed by atoms with E-state index in [4.69, 9.17) is 0 Å². The standard InChI is InChI=1S/C8H10.Ru/c1-2-4-6-8-7-5-3-1;/h1-6H,7-8H2;. The van der Waals surface area contributed by atoms with E-state index in [0.29, 0.717) is 0 Å².